The summed E-state index contributed by atoms with van der Waals surface area (Å²) in [4.78, 5) is 0. The van der Waals surface area contributed by atoms with Crippen LogP contribution in [-0.2, 0) is 12.0 Å². The number of fused-ring (bicyclic) bond motifs is 1. The van der Waals surface area contributed by atoms with Crippen molar-refractivity contribution in [2.75, 3.05) is 6.61 Å². The van der Waals surface area contributed by atoms with E-state index in [1.54, 1.807) is 0 Å². The molecule has 0 amide bonds. The van der Waals surface area contributed by atoms with E-state index in [2.05, 4.69) is 0 Å². The van der Waals surface area contributed by atoms with Crippen LogP contribution in [0.1, 0.15) is 24.0 Å². The van der Waals surface area contributed by atoms with Crippen LogP contribution in [0.15, 0.2) is 18.2 Å². The number of rotatable bonds is 1. The molecule has 0 bridgehead atoms. The van der Waals surface area contributed by atoms with Crippen LogP contribution in [0.3, 0.4) is 0 Å². The van der Waals surface area contributed by atoms with Crippen LogP contribution in [-0.4, -0.2) is 11.7 Å². The Balaban J connectivity index is 2.15. The minimum atomic E-state index is -0.515. The highest BCUT2D eigenvalue weighted by Gasteiger charge is 2.44. The molecule has 1 aliphatic heterocycles. The number of aliphatic hydroxyl groups is 1. The third-order valence-electron chi connectivity index (χ3n) is 2.97. The van der Waals surface area contributed by atoms with Gasteiger partial charge in [-0.25, -0.2) is 0 Å². The molecule has 1 fully saturated rings. The zero-order valence-electron chi connectivity index (χ0n) is 7.42. The Morgan fingerprint density at radius 3 is 2.92 bits per heavy atom. The maximum atomic E-state index is 10.0. The predicted molar refractivity (Wildman–Crippen MR) is 48.8 cm³/mol. The van der Waals surface area contributed by atoms with Gasteiger partial charge in [0.15, 0.2) is 0 Å². The van der Waals surface area contributed by atoms with Gasteiger partial charge in [-0.2, -0.15) is 0 Å². The van der Waals surface area contributed by atoms with Crippen molar-refractivity contribution >= 4 is 0 Å². The van der Waals surface area contributed by atoms with Crippen LogP contribution in [0, 0.1) is 0 Å². The Labute approximate surface area is 77.2 Å². The fourth-order valence-corrected chi connectivity index (χ4v) is 2.05. The summed E-state index contributed by atoms with van der Waals surface area (Å²) in [5.41, 5.74) is 1.81. The minimum Gasteiger partial charge on any atom is -0.493 e. The first-order valence-corrected chi connectivity index (χ1v) is 4.77. The van der Waals surface area contributed by atoms with Crippen molar-refractivity contribution in [3.05, 3.63) is 29.3 Å². The first kappa shape index (κ1) is 7.39. The zero-order chi connectivity index (χ0) is 8.89. The molecule has 0 saturated heterocycles. The van der Waals surface area contributed by atoms with Crippen molar-refractivity contribution in [2.45, 2.75) is 24.9 Å². The second kappa shape index (κ2) is 2.26. The van der Waals surface area contributed by atoms with Crippen LogP contribution in [0.5, 0.6) is 5.75 Å². The summed E-state index contributed by atoms with van der Waals surface area (Å²) in [5, 5.41) is 10.0. The standard InChI is InChI=1S/C11H12O2/c12-11(5-6-11)9-2-1-3-10-8(9)4-7-13-10/h1-3,12H,4-7H2. The topological polar surface area (TPSA) is 29.5 Å². The summed E-state index contributed by atoms with van der Waals surface area (Å²) in [6, 6.07) is 5.98. The Morgan fingerprint density at radius 1 is 1.31 bits per heavy atom. The molecule has 2 nitrogen and oxygen atoms in total. The van der Waals surface area contributed by atoms with E-state index in [1.165, 1.54) is 5.56 Å². The third kappa shape index (κ3) is 0.985. The highest BCUT2D eigenvalue weighted by atomic mass is 16.5. The fourth-order valence-electron chi connectivity index (χ4n) is 2.05. The van der Waals surface area contributed by atoms with Crippen LogP contribution in [0.25, 0.3) is 0 Å². The Kier molecular flexibility index (Phi) is 1.29. The van der Waals surface area contributed by atoms with Crippen LogP contribution in [0.4, 0.5) is 0 Å². The summed E-state index contributed by atoms with van der Waals surface area (Å²) >= 11 is 0. The first-order chi connectivity index (χ1) is 6.30. The first-order valence-electron chi connectivity index (χ1n) is 4.77. The molecule has 2 aliphatic rings. The molecular formula is C11H12O2. The van der Waals surface area contributed by atoms with Gasteiger partial charge in [0.05, 0.1) is 12.2 Å². The van der Waals surface area contributed by atoms with Gasteiger partial charge in [0, 0.05) is 12.0 Å². The molecule has 0 unspecified atom stereocenters. The molecule has 1 aromatic rings. The largest absolute Gasteiger partial charge is 0.493 e. The normalized spacial score (nSPS) is 22.2. The van der Waals surface area contributed by atoms with Gasteiger partial charge in [-0.05, 0) is 24.5 Å². The number of hydrogen-bond acceptors (Lipinski definition) is 2. The van der Waals surface area contributed by atoms with E-state index in [1.807, 2.05) is 18.2 Å². The molecule has 1 aromatic carbocycles. The smallest absolute Gasteiger partial charge is 0.123 e. The summed E-state index contributed by atoms with van der Waals surface area (Å²) in [5.74, 6) is 0.970. The van der Waals surface area contributed by atoms with Gasteiger partial charge in [0.25, 0.3) is 0 Å². The van der Waals surface area contributed by atoms with Gasteiger partial charge in [-0.15, -0.1) is 0 Å². The fraction of sp³-hybridized carbons (Fsp3) is 0.455. The second-order valence-corrected chi connectivity index (χ2v) is 3.91. The molecule has 0 atom stereocenters. The Bertz CT molecular complexity index is 353. The minimum absolute atomic E-state index is 0.515. The van der Waals surface area contributed by atoms with Crippen molar-refractivity contribution in [2.24, 2.45) is 0 Å². The van der Waals surface area contributed by atoms with Crippen molar-refractivity contribution in [3.63, 3.8) is 0 Å². The summed E-state index contributed by atoms with van der Waals surface area (Å²) in [6.07, 6.45) is 2.76. The molecule has 1 heterocycles. The quantitative estimate of drug-likeness (QED) is 0.704. The van der Waals surface area contributed by atoms with Crippen LogP contribution in [0.2, 0.25) is 0 Å². The van der Waals surface area contributed by atoms with Gasteiger partial charge in [0.1, 0.15) is 5.75 Å². The van der Waals surface area contributed by atoms with E-state index in [0.29, 0.717) is 0 Å². The lowest BCUT2D eigenvalue weighted by molar-refractivity contribution is 0.150. The van der Waals surface area contributed by atoms with Crippen LogP contribution < -0.4 is 4.74 Å². The molecule has 0 radical (unpaired) electrons. The molecule has 1 saturated carbocycles. The molecule has 1 aliphatic carbocycles. The lowest BCUT2D eigenvalue weighted by Crippen LogP contribution is -2.06. The van der Waals surface area contributed by atoms with E-state index in [0.717, 1.165) is 37.2 Å². The maximum Gasteiger partial charge on any atom is 0.123 e. The molecule has 0 spiro atoms. The zero-order valence-corrected chi connectivity index (χ0v) is 7.42. The second-order valence-electron chi connectivity index (χ2n) is 3.91. The molecule has 1 N–H and O–H groups in total. The van der Waals surface area contributed by atoms with Crippen molar-refractivity contribution in [3.8, 4) is 5.75 Å². The molecule has 68 valence electrons. The predicted octanol–water partition coefficient (Wildman–Crippen LogP) is 1.60. The molecular weight excluding hydrogens is 164 g/mol. The molecule has 0 aromatic heterocycles. The highest BCUT2D eigenvalue weighted by molar-refractivity contribution is 5.47. The van der Waals surface area contributed by atoms with E-state index in [4.69, 9.17) is 4.74 Å². The monoisotopic (exact) mass is 176 g/mol. The SMILES string of the molecule is OC1(c2cccc3c2CCO3)CC1. The average Bonchev–Trinajstić information content (AvgIpc) is 2.72. The van der Waals surface area contributed by atoms with Crippen molar-refractivity contribution in [1.82, 2.24) is 0 Å². The molecule has 13 heavy (non-hydrogen) atoms. The Morgan fingerprint density at radius 2 is 2.15 bits per heavy atom. The summed E-state index contributed by atoms with van der Waals surface area (Å²) < 4.78 is 5.45. The lowest BCUT2D eigenvalue weighted by atomic mass is 9.99. The maximum absolute atomic E-state index is 10.0. The highest BCUT2D eigenvalue weighted by Crippen LogP contribution is 2.48. The van der Waals surface area contributed by atoms with Crippen molar-refractivity contribution < 1.29 is 9.84 Å². The number of benzene rings is 1. The molecule has 3 rings (SSSR count). The van der Waals surface area contributed by atoms with Crippen molar-refractivity contribution in [1.29, 1.82) is 0 Å². The van der Waals surface area contributed by atoms with Gasteiger partial charge < -0.3 is 9.84 Å². The Hall–Kier alpha value is -1.02. The van der Waals surface area contributed by atoms with Gasteiger partial charge in [-0.3, -0.25) is 0 Å². The van der Waals surface area contributed by atoms with Gasteiger partial charge >= 0.3 is 0 Å². The number of ether oxygens (including phenoxy) is 1. The van der Waals surface area contributed by atoms with Gasteiger partial charge in [0.2, 0.25) is 0 Å². The van der Waals surface area contributed by atoms with E-state index >= 15 is 0 Å². The summed E-state index contributed by atoms with van der Waals surface area (Å²) in [7, 11) is 0. The summed E-state index contributed by atoms with van der Waals surface area (Å²) in [6.45, 7) is 0.766. The average molecular weight is 176 g/mol. The number of hydrogen-bond donors (Lipinski definition) is 1. The third-order valence-corrected chi connectivity index (χ3v) is 2.97. The van der Waals surface area contributed by atoms with E-state index < -0.39 is 5.60 Å². The van der Waals surface area contributed by atoms with Crippen LogP contribution >= 0.6 is 0 Å². The lowest BCUT2D eigenvalue weighted by Gasteiger charge is -2.11. The van der Waals surface area contributed by atoms with Gasteiger partial charge in [-0.1, -0.05) is 12.1 Å². The van der Waals surface area contributed by atoms with E-state index in [9.17, 15) is 5.11 Å². The van der Waals surface area contributed by atoms with E-state index in [-0.39, 0.29) is 0 Å². The molecule has 2 heteroatoms.